The van der Waals surface area contributed by atoms with Crippen molar-refractivity contribution in [1.82, 2.24) is 9.80 Å². The van der Waals surface area contributed by atoms with Gasteiger partial charge in [-0.25, -0.2) is 8.78 Å². The second-order valence-corrected chi connectivity index (χ2v) is 7.72. The van der Waals surface area contributed by atoms with E-state index in [0.29, 0.717) is 0 Å². The van der Waals surface area contributed by atoms with Crippen LogP contribution in [0.5, 0.6) is 0 Å². The van der Waals surface area contributed by atoms with E-state index in [1.807, 2.05) is 18.2 Å². The lowest BCUT2D eigenvalue weighted by Crippen LogP contribution is -2.53. The fraction of sp³-hybridized carbons (Fsp3) is 0.455. The van der Waals surface area contributed by atoms with Gasteiger partial charge in [0.25, 0.3) is 0 Å². The van der Waals surface area contributed by atoms with Gasteiger partial charge >= 0.3 is 0 Å². The number of piperazine rings is 1. The number of benzene rings is 2. The van der Waals surface area contributed by atoms with Crippen LogP contribution in [0.1, 0.15) is 35.1 Å². The fourth-order valence-corrected chi connectivity index (χ4v) is 4.69. The van der Waals surface area contributed by atoms with Gasteiger partial charge < -0.3 is 10.2 Å². The van der Waals surface area contributed by atoms with Crippen LogP contribution in [-0.2, 0) is 0 Å². The van der Waals surface area contributed by atoms with Gasteiger partial charge in [0.2, 0.25) is 0 Å². The van der Waals surface area contributed by atoms with Gasteiger partial charge in [0, 0.05) is 38.1 Å². The minimum Gasteiger partial charge on any atom is -0.395 e. The van der Waals surface area contributed by atoms with E-state index >= 15 is 0 Å². The molecule has 2 aromatic rings. The predicted octanol–water partition coefficient (Wildman–Crippen LogP) is 3.36. The average molecular weight is 461 g/mol. The molecule has 0 saturated carbocycles. The SMILES string of the molecule is Cl.Cl.OCC(CO)N1CCN(C2CC(c3ccc(F)cc3)c3ccc(F)cc32)CC1. The first-order chi connectivity index (χ1) is 13.6. The molecule has 1 fully saturated rings. The third-order valence-electron chi connectivity index (χ3n) is 6.24. The summed E-state index contributed by atoms with van der Waals surface area (Å²) < 4.78 is 27.4. The van der Waals surface area contributed by atoms with Crippen LogP contribution in [0.2, 0.25) is 0 Å². The molecule has 0 radical (unpaired) electrons. The summed E-state index contributed by atoms with van der Waals surface area (Å²) in [5, 5.41) is 18.8. The maximum atomic E-state index is 14.0. The summed E-state index contributed by atoms with van der Waals surface area (Å²) in [6.45, 7) is 3.00. The number of aliphatic hydroxyl groups is 2. The van der Waals surface area contributed by atoms with Crippen LogP contribution >= 0.6 is 24.8 Å². The van der Waals surface area contributed by atoms with E-state index in [1.165, 1.54) is 18.2 Å². The van der Waals surface area contributed by atoms with Gasteiger partial charge in [0.1, 0.15) is 11.6 Å². The third kappa shape index (κ3) is 4.96. The van der Waals surface area contributed by atoms with Crippen molar-refractivity contribution >= 4 is 24.8 Å². The predicted molar refractivity (Wildman–Crippen MR) is 118 cm³/mol. The highest BCUT2D eigenvalue weighted by molar-refractivity contribution is 5.85. The molecule has 0 spiro atoms. The molecule has 4 rings (SSSR count). The summed E-state index contributed by atoms with van der Waals surface area (Å²) in [5.74, 6) is -0.360. The van der Waals surface area contributed by atoms with E-state index in [9.17, 15) is 19.0 Å². The molecule has 4 nitrogen and oxygen atoms in total. The maximum Gasteiger partial charge on any atom is 0.123 e. The van der Waals surface area contributed by atoms with Crippen molar-refractivity contribution in [3.63, 3.8) is 0 Å². The molecule has 8 heteroatoms. The molecule has 1 aliphatic carbocycles. The van der Waals surface area contributed by atoms with E-state index in [2.05, 4.69) is 9.80 Å². The molecule has 30 heavy (non-hydrogen) atoms. The smallest absolute Gasteiger partial charge is 0.123 e. The number of aliphatic hydroxyl groups excluding tert-OH is 2. The Balaban J connectivity index is 0.00000160. The Hall–Kier alpha value is -1.28. The van der Waals surface area contributed by atoms with Crippen LogP contribution in [-0.4, -0.2) is 65.4 Å². The van der Waals surface area contributed by atoms with E-state index in [4.69, 9.17) is 0 Å². The molecule has 2 aromatic carbocycles. The number of hydrogen-bond donors (Lipinski definition) is 2. The number of nitrogens with zero attached hydrogens (tertiary/aromatic N) is 2. The highest BCUT2D eigenvalue weighted by atomic mass is 35.5. The molecule has 2 unspecified atom stereocenters. The lowest BCUT2D eigenvalue weighted by Gasteiger charge is -2.41. The second-order valence-electron chi connectivity index (χ2n) is 7.72. The topological polar surface area (TPSA) is 46.9 Å². The molecular formula is C22H28Cl2F2N2O2. The molecule has 2 atom stereocenters. The number of hydrogen-bond acceptors (Lipinski definition) is 4. The van der Waals surface area contributed by atoms with Gasteiger partial charge in [0.15, 0.2) is 0 Å². The molecule has 1 aliphatic heterocycles. The molecule has 166 valence electrons. The summed E-state index contributed by atoms with van der Waals surface area (Å²) in [6, 6.07) is 11.5. The maximum absolute atomic E-state index is 14.0. The molecular weight excluding hydrogens is 433 g/mol. The van der Waals surface area contributed by atoms with Gasteiger partial charge in [-0.1, -0.05) is 18.2 Å². The first kappa shape index (κ1) is 25.0. The van der Waals surface area contributed by atoms with Crippen LogP contribution in [0.4, 0.5) is 8.78 Å². The Morgan fingerprint density at radius 1 is 0.833 bits per heavy atom. The Kier molecular flexibility index (Phi) is 9.03. The van der Waals surface area contributed by atoms with E-state index in [-0.39, 0.29) is 67.7 Å². The van der Waals surface area contributed by atoms with E-state index < -0.39 is 0 Å². The quantitative estimate of drug-likeness (QED) is 0.717. The van der Waals surface area contributed by atoms with Crippen LogP contribution in [0.3, 0.4) is 0 Å². The van der Waals surface area contributed by atoms with Gasteiger partial charge in [-0.15, -0.1) is 24.8 Å². The normalized spacial score (nSPS) is 21.8. The lowest BCUT2D eigenvalue weighted by atomic mass is 9.93. The van der Waals surface area contributed by atoms with Crippen molar-refractivity contribution in [3.05, 3.63) is 70.8 Å². The Morgan fingerprint density at radius 2 is 1.43 bits per heavy atom. The van der Waals surface area contributed by atoms with Crippen LogP contribution in [0.15, 0.2) is 42.5 Å². The van der Waals surface area contributed by atoms with Crippen molar-refractivity contribution in [2.45, 2.75) is 24.4 Å². The molecule has 1 saturated heterocycles. The standard InChI is InChI=1S/C22H26F2N2O2.2ClH/c23-16-3-1-15(2-4-16)20-12-22(21-11-17(24)5-6-19(20)21)26-9-7-25(8-10-26)18(13-27)14-28;;/h1-6,11,18,20,22,27-28H,7-10,12-14H2;2*1H. The number of fused-ring (bicyclic) bond motifs is 1. The van der Waals surface area contributed by atoms with Crippen LogP contribution in [0.25, 0.3) is 0 Å². The first-order valence-corrected chi connectivity index (χ1v) is 9.85. The zero-order chi connectivity index (χ0) is 19.7. The van der Waals surface area contributed by atoms with E-state index in [0.717, 1.165) is 49.3 Å². The fourth-order valence-electron chi connectivity index (χ4n) is 4.69. The van der Waals surface area contributed by atoms with Gasteiger partial charge in [-0.2, -0.15) is 0 Å². The Morgan fingerprint density at radius 3 is 2.03 bits per heavy atom. The molecule has 2 aliphatic rings. The van der Waals surface area contributed by atoms with Crippen molar-refractivity contribution in [3.8, 4) is 0 Å². The minimum atomic E-state index is -0.254. The third-order valence-corrected chi connectivity index (χ3v) is 6.24. The van der Waals surface area contributed by atoms with Gasteiger partial charge in [0.05, 0.1) is 19.3 Å². The Bertz CT molecular complexity index is 813. The summed E-state index contributed by atoms with van der Waals surface area (Å²) in [5.41, 5.74) is 3.18. The summed E-state index contributed by atoms with van der Waals surface area (Å²) in [4.78, 5) is 4.47. The zero-order valence-electron chi connectivity index (χ0n) is 16.6. The molecule has 0 bridgehead atoms. The number of halogens is 4. The lowest BCUT2D eigenvalue weighted by molar-refractivity contribution is 0.0230. The Labute approximate surface area is 188 Å². The van der Waals surface area contributed by atoms with Crippen LogP contribution < -0.4 is 0 Å². The van der Waals surface area contributed by atoms with Crippen molar-refractivity contribution < 1.29 is 19.0 Å². The monoisotopic (exact) mass is 460 g/mol. The summed E-state index contributed by atoms with van der Waals surface area (Å²) in [6.07, 6.45) is 0.841. The van der Waals surface area contributed by atoms with Crippen LogP contribution in [0, 0.1) is 11.6 Å². The summed E-state index contributed by atoms with van der Waals surface area (Å²) >= 11 is 0. The zero-order valence-corrected chi connectivity index (χ0v) is 18.2. The van der Waals surface area contributed by atoms with Gasteiger partial charge in [-0.3, -0.25) is 9.80 Å². The molecule has 0 aromatic heterocycles. The molecule has 1 heterocycles. The largest absolute Gasteiger partial charge is 0.395 e. The highest BCUT2D eigenvalue weighted by Gasteiger charge is 2.37. The highest BCUT2D eigenvalue weighted by Crippen LogP contribution is 2.47. The molecule has 0 amide bonds. The number of rotatable bonds is 5. The summed E-state index contributed by atoms with van der Waals surface area (Å²) in [7, 11) is 0. The first-order valence-electron chi connectivity index (χ1n) is 9.85. The van der Waals surface area contributed by atoms with E-state index in [1.54, 1.807) is 6.07 Å². The van der Waals surface area contributed by atoms with Crippen molar-refractivity contribution in [1.29, 1.82) is 0 Å². The average Bonchev–Trinajstić information content (AvgIpc) is 3.09. The minimum absolute atomic E-state index is 0. The van der Waals surface area contributed by atoms with Crippen molar-refractivity contribution in [2.24, 2.45) is 0 Å². The molecule has 2 N–H and O–H groups in total. The second kappa shape index (κ2) is 10.8. The van der Waals surface area contributed by atoms with Crippen molar-refractivity contribution in [2.75, 3.05) is 39.4 Å². The van der Waals surface area contributed by atoms with Gasteiger partial charge in [-0.05, 0) is 47.4 Å².